The van der Waals surface area contributed by atoms with Gasteiger partial charge in [-0.25, -0.2) is 19.4 Å². The molecule has 34 heavy (non-hydrogen) atoms. The highest BCUT2D eigenvalue weighted by Gasteiger charge is 2.34. The van der Waals surface area contributed by atoms with Crippen LogP contribution in [0.4, 0.5) is 4.79 Å². The van der Waals surface area contributed by atoms with E-state index in [-0.39, 0.29) is 35.6 Å². The number of aromatic nitrogens is 4. The number of allylic oxidation sites excluding steroid dienone is 1. The lowest BCUT2D eigenvalue weighted by molar-refractivity contribution is -0.139. The van der Waals surface area contributed by atoms with Gasteiger partial charge in [-0.15, -0.1) is 0 Å². The summed E-state index contributed by atoms with van der Waals surface area (Å²) < 4.78 is 14.2. The van der Waals surface area contributed by atoms with Gasteiger partial charge in [0.05, 0.1) is 43.9 Å². The van der Waals surface area contributed by atoms with E-state index in [1.54, 1.807) is 38.3 Å². The molecule has 0 bridgehead atoms. The van der Waals surface area contributed by atoms with Crippen LogP contribution >= 0.6 is 0 Å². The second kappa shape index (κ2) is 8.89. The van der Waals surface area contributed by atoms with Gasteiger partial charge in [0.15, 0.2) is 11.2 Å². The number of fused-ring (bicyclic) bond motifs is 1. The highest BCUT2D eigenvalue weighted by Crippen LogP contribution is 2.30. The van der Waals surface area contributed by atoms with Crippen molar-refractivity contribution in [3.8, 4) is 5.75 Å². The molecule has 0 spiro atoms. The molecule has 0 radical (unpaired) electrons. The lowest BCUT2D eigenvalue weighted by Gasteiger charge is -2.29. The van der Waals surface area contributed by atoms with Crippen LogP contribution in [-0.2, 0) is 30.2 Å². The normalized spacial score (nSPS) is 15.8. The van der Waals surface area contributed by atoms with Gasteiger partial charge in [0.25, 0.3) is 5.56 Å². The van der Waals surface area contributed by atoms with E-state index in [2.05, 4.69) is 15.6 Å². The number of carbonyl (C=O) groups excluding carboxylic acids is 2. The number of ether oxygens (including phenoxy) is 2. The predicted octanol–water partition coefficient (Wildman–Crippen LogP) is 0.314. The zero-order valence-electron chi connectivity index (χ0n) is 19.1. The third-order valence-corrected chi connectivity index (χ3v) is 5.64. The average molecular weight is 468 g/mol. The largest absolute Gasteiger partial charge is 0.497 e. The summed E-state index contributed by atoms with van der Waals surface area (Å²) in [5.41, 5.74) is 0.385. The number of aryl methyl sites for hydroxylation is 1. The summed E-state index contributed by atoms with van der Waals surface area (Å²) >= 11 is 0. The van der Waals surface area contributed by atoms with Crippen LogP contribution < -0.4 is 26.6 Å². The van der Waals surface area contributed by atoms with Crippen molar-refractivity contribution in [3.05, 3.63) is 68.3 Å². The number of hydrogen-bond donors (Lipinski definition) is 2. The number of carbonyl (C=O) groups is 2. The second-order valence-corrected chi connectivity index (χ2v) is 7.67. The van der Waals surface area contributed by atoms with Crippen LogP contribution in [0.3, 0.4) is 0 Å². The summed E-state index contributed by atoms with van der Waals surface area (Å²) in [5, 5.41) is 5.43. The SMILES string of the molecule is CCOC(=O)C1=C(Cn2cnc3c2c(=O)n(C)c(=O)n3C)NC(=O)N[C@H]1c1ccc(OC)cc1. The van der Waals surface area contributed by atoms with Crippen molar-refractivity contribution in [3.63, 3.8) is 0 Å². The van der Waals surface area contributed by atoms with Gasteiger partial charge in [-0.3, -0.25) is 13.9 Å². The van der Waals surface area contributed by atoms with E-state index in [0.29, 0.717) is 11.3 Å². The Balaban J connectivity index is 1.87. The average Bonchev–Trinajstić information content (AvgIpc) is 3.24. The lowest BCUT2D eigenvalue weighted by atomic mass is 9.95. The molecule has 0 saturated heterocycles. The molecule has 2 amide bonds. The van der Waals surface area contributed by atoms with E-state index in [4.69, 9.17) is 9.47 Å². The Hall–Kier alpha value is -4.35. The van der Waals surface area contributed by atoms with E-state index in [1.165, 1.54) is 29.6 Å². The number of nitrogens with one attached hydrogen (secondary N) is 2. The van der Waals surface area contributed by atoms with Crippen LogP contribution in [0.25, 0.3) is 11.2 Å². The first kappa shape index (κ1) is 22.8. The number of esters is 1. The predicted molar refractivity (Wildman–Crippen MR) is 121 cm³/mol. The minimum absolute atomic E-state index is 0.0574. The quantitative estimate of drug-likeness (QED) is 0.497. The summed E-state index contributed by atoms with van der Waals surface area (Å²) in [5.74, 6) is 0.00721. The minimum Gasteiger partial charge on any atom is -0.497 e. The van der Waals surface area contributed by atoms with Crippen molar-refractivity contribution in [1.82, 2.24) is 29.3 Å². The fourth-order valence-electron chi connectivity index (χ4n) is 3.93. The van der Waals surface area contributed by atoms with Gasteiger partial charge < -0.3 is 24.7 Å². The molecule has 0 unspecified atom stereocenters. The molecule has 12 heteroatoms. The van der Waals surface area contributed by atoms with Crippen LogP contribution in [0.15, 0.2) is 51.5 Å². The Morgan fingerprint density at radius 2 is 1.82 bits per heavy atom. The molecule has 0 saturated carbocycles. The number of benzene rings is 1. The maximum Gasteiger partial charge on any atom is 0.338 e. The third-order valence-electron chi connectivity index (χ3n) is 5.64. The molecule has 3 heterocycles. The topological polar surface area (TPSA) is 138 Å². The van der Waals surface area contributed by atoms with Gasteiger partial charge in [-0.1, -0.05) is 12.1 Å². The van der Waals surface area contributed by atoms with Gasteiger partial charge >= 0.3 is 17.7 Å². The molecule has 3 aromatic rings. The number of amides is 2. The molecule has 1 aromatic carbocycles. The molecule has 2 N–H and O–H groups in total. The molecule has 1 aliphatic heterocycles. The smallest absolute Gasteiger partial charge is 0.338 e. The minimum atomic E-state index is -0.796. The fraction of sp³-hybridized carbons (Fsp3) is 0.318. The van der Waals surface area contributed by atoms with Crippen LogP contribution in [-0.4, -0.2) is 44.4 Å². The summed E-state index contributed by atoms with van der Waals surface area (Å²) in [4.78, 5) is 54.8. The number of nitrogens with zero attached hydrogens (tertiary/aromatic N) is 4. The van der Waals surface area contributed by atoms with Gasteiger partial charge in [-0.2, -0.15) is 0 Å². The number of urea groups is 1. The fourth-order valence-corrected chi connectivity index (χ4v) is 3.93. The van der Waals surface area contributed by atoms with Gasteiger partial charge in [0.2, 0.25) is 0 Å². The Morgan fingerprint density at radius 3 is 2.47 bits per heavy atom. The first-order valence-electron chi connectivity index (χ1n) is 10.5. The number of hydrogen-bond acceptors (Lipinski definition) is 7. The van der Waals surface area contributed by atoms with Gasteiger partial charge in [0, 0.05) is 14.1 Å². The molecule has 1 atom stereocenters. The molecular formula is C22H24N6O6. The molecule has 4 rings (SSSR count). The standard InChI is InChI=1S/C22H24N6O6/c1-5-34-20(30)15-14(24-21(31)25-16(15)12-6-8-13(33-4)9-7-12)10-28-11-23-18-17(28)19(29)27(3)22(32)26(18)2/h6-9,11,16H,5,10H2,1-4H3,(H2,24,25,31)/t16-/m0/s1. The van der Waals surface area contributed by atoms with Crippen molar-refractivity contribution in [1.29, 1.82) is 0 Å². The Labute approximate surface area is 193 Å². The van der Waals surface area contributed by atoms with Crippen molar-refractivity contribution < 1.29 is 19.1 Å². The zero-order chi connectivity index (χ0) is 24.6. The first-order valence-corrected chi connectivity index (χ1v) is 10.5. The summed E-state index contributed by atoms with van der Waals surface area (Å²) in [7, 11) is 4.42. The zero-order valence-corrected chi connectivity index (χ0v) is 19.1. The molecule has 12 nitrogen and oxygen atoms in total. The van der Waals surface area contributed by atoms with E-state index < -0.39 is 29.3 Å². The van der Waals surface area contributed by atoms with Crippen molar-refractivity contribution >= 4 is 23.2 Å². The summed E-state index contributed by atoms with van der Waals surface area (Å²) in [6, 6.07) is 5.61. The van der Waals surface area contributed by atoms with Crippen LogP contribution in [0.2, 0.25) is 0 Å². The molecule has 1 aliphatic rings. The molecule has 0 fully saturated rings. The molecular weight excluding hydrogens is 444 g/mol. The van der Waals surface area contributed by atoms with Crippen molar-refractivity contribution in [2.24, 2.45) is 14.1 Å². The van der Waals surface area contributed by atoms with E-state index >= 15 is 0 Å². The first-order chi connectivity index (χ1) is 16.3. The molecule has 2 aromatic heterocycles. The Bertz CT molecular complexity index is 1430. The maximum atomic E-state index is 13.0. The summed E-state index contributed by atoms with van der Waals surface area (Å²) in [6.45, 7) is 1.76. The number of methoxy groups -OCH3 is 1. The van der Waals surface area contributed by atoms with Gasteiger partial charge in [-0.05, 0) is 24.6 Å². The third kappa shape index (κ3) is 3.83. The van der Waals surface area contributed by atoms with E-state index in [9.17, 15) is 19.2 Å². The van der Waals surface area contributed by atoms with Crippen molar-refractivity contribution in [2.75, 3.05) is 13.7 Å². The monoisotopic (exact) mass is 468 g/mol. The van der Waals surface area contributed by atoms with Crippen LogP contribution in [0.1, 0.15) is 18.5 Å². The highest BCUT2D eigenvalue weighted by molar-refractivity contribution is 5.95. The summed E-state index contributed by atoms with van der Waals surface area (Å²) in [6.07, 6.45) is 1.39. The Morgan fingerprint density at radius 1 is 1.12 bits per heavy atom. The van der Waals surface area contributed by atoms with Crippen molar-refractivity contribution in [2.45, 2.75) is 19.5 Å². The molecule has 0 aliphatic carbocycles. The van der Waals surface area contributed by atoms with Crippen LogP contribution in [0, 0.1) is 0 Å². The Kier molecular flexibility index (Phi) is 5.97. The maximum absolute atomic E-state index is 13.0. The number of imidazole rings is 1. The number of rotatable bonds is 6. The van der Waals surface area contributed by atoms with E-state index in [1.807, 2.05) is 0 Å². The second-order valence-electron chi connectivity index (χ2n) is 7.67. The molecule has 178 valence electrons. The lowest BCUT2D eigenvalue weighted by Crippen LogP contribution is -2.47. The van der Waals surface area contributed by atoms with Crippen LogP contribution in [0.5, 0.6) is 5.75 Å². The van der Waals surface area contributed by atoms with E-state index in [0.717, 1.165) is 4.57 Å². The highest BCUT2D eigenvalue weighted by atomic mass is 16.5. The van der Waals surface area contributed by atoms with Gasteiger partial charge in [0.1, 0.15) is 5.75 Å².